The molecule has 1 aromatic carbocycles. The molecule has 0 saturated heterocycles. The second-order valence-electron chi connectivity index (χ2n) is 2.29. The van der Waals surface area contributed by atoms with Crippen molar-refractivity contribution in [1.82, 2.24) is 0 Å². The van der Waals surface area contributed by atoms with E-state index < -0.39 is 0 Å². The molecule has 0 atom stereocenters. The monoisotopic (exact) mass is 156 g/mol. The van der Waals surface area contributed by atoms with Gasteiger partial charge in [0.25, 0.3) is 0 Å². The molecule has 0 unspecified atom stereocenters. The van der Waals surface area contributed by atoms with Crippen molar-refractivity contribution in [2.75, 3.05) is 0 Å². The summed E-state index contributed by atoms with van der Waals surface area (Å²) in [5, 5.41) is 9.08. The molecular weight excluding hydrogens is 148 g/mol. The summed E-state index contributed by atoms with van der Waals surface area (Å²) in [6.07, 6.45) is 5.53. The highest BCUT2D eigenvalue weighted by atomic mass is 16.3. The van der Waals surface area contributed by atoms with Gasteiger partial charge in [-0.05, 0) is 29.5 Å². The largest absolute Gasteiger partial charge is 0.508 e. The number of rotatable bonds is 1. The molecule has 0 heterocycles. The van der Waals surface area contributed by atoms with Crippen LogP contribution < -0.4 is 0 Å². The highest BCUT2D eigenvalue weighted by Crippen LogP contribution is 2.10. The van der Waals surface area contributed by atoms with Gasteiger partial charge >= 0.3 is 0 Å². The van der Waals surface area contributed by atoms with E-state index in [1.54, 1.807) is 18.2 Å². The van der Waals surface area contributed by atoms with Crippen LogP contribution >= 0.6 is 0 Å². The van der Waals surface area contributed by atoms with Gasteiger partial charge in [-0.1, -0.05) is 18.1 Å². The van der Waals surface area contributed by atoms with E-state index in [1.165, 1.54) is 0 Å². The van der Waals surface area contributed by atoms with Crippen LogP contribution in [0, 0.1) is 24.2 Å². The molecule has 0 aliphatic carbocycles. The first-order valence-electron chi connectivity index (χ1n) is 3.54. The molecule has 0 saturated carbocycles. The summed E-state index contributed by atoms with van der Waals surface area (Å²) in [4.78, 5) is 0. The summed E-state index contributed by atoms with van der Waals surface area (Å²) in [7, 11) is 0. The molecule has 1 rings (SSSR count). The first-order valence-corrected chi connectivity index (χ1v) is 3.54. The van der Waals surface area contributed by atoms with Crippen molar-refractivity contribution in [1.29, 1.82) is 0 Å². The zero-order chi connectivity index (χ0) is 8.81. The molecule has 1 heteroatoms. The third-order valence-electron chi connectivity index (χ3n) is 1.36. The van der Waals surface area contributed by atoms with Crippen LogP contribution in [0.5, 0.6) is 5.75 Å². The Balaban J connectivity index is 2.71. The first kappa shape index (κ1) is 8.24. The standard InChI is InChI=1S/C11H8O/c1-2-3-4-6-10-7-5-8-11(12)9-10/h1,5,7-9,12H,6H2. The van der Waals surface area contributed by atoms with Gasteiger partial charge in [-0.2, -0.15) is 0 Å². The van der Waals surface area contributed by atoms with E-state index in [0.29, 0.717) is 6.42 Å². The lowest BCUT2D eigenvalue weighted by Gasteiger charge is -1.94. The number of aromatic hydroxyl groups is 1. The molecule has 0 bridgehead atoms. The summed E-state index contributed by atoms with van der Waals surface area (Å²) in [5.74, 6) is 7.78. The minimum Gasteiger partial charge on any atom is -0.508 e. The number of phenolic OH excluding ortho intramolecular Hbond substituents is 1. The fourth-order valence-electron chi connectivity index (χ4n) is 0.864. The lowest BCUT2D eigenvalue weighted by molar-refractivity contribution is 0.475. The van der Waals surface area contributed by atoms with E-state index in [2.05, 4.69) is 17.8 Å². The van der Waals surface area contributed by atoms with Crippen molar-refractivity contribution in [3.63, 3.8) is 0 Å². The molecule has 1 nitrogen and oxygen atoms in total. The predicted octanol–water partition coefficient (Wildman–Crippen LogP) is 1.57. The summed E-state index contributed by atoms with van der Waals surface area (Å²) < 4.78 is 0. The minimum atomic E-state index is 0.259. The summed E-state index contributed by atoms with van der Waals surface area (Å²) >= 11 is 0. The summed E-state index contributed by atoms with van der Waals surface area (Å²) in [6.45, 7) is 0. The smallest absolute Gasteiger partial charge is 0.115 e. The Labute approximate surface area is 72.0 Å². The van der Waals surface area contributed by atoms with Crippen LogP contribution in [0.25, 0.3) is 0 Å². The van der Waals surface area contributed by atoms with Crippen molar-refractivity contribution < 1.29 is 5.11 Å². The highest BCUT2D eigenvalue weighted by molar-refractivity contribution is 5.31. The maximum absolute atomic E-state index is 9.08. The van der Waals surface area contributed by atoms with Gasteiger partial charge in [0.05, 0.1) is 0 Å². The highest BCUT2D eigenvalue weighted by Gasteiger charge is 1.90. The second-order valence-corrected chi connectivity index (χ2v) is 2.29. The van der Waals surface area contributed by atoms with E-state index in [-0.39, 0.29) is 5.75 Å². The van der Waals surface area contributed by atoms with Gasteiger partial charge in [0.2, 0.25) is 0 Å². The maximum Gasteiger partial charge on any atom is 0.115 e. The number of hydrogen-bond donors (Lipinski definition) is 1. The second kappa shape index (κ2) is 4.11. The van der Waals surface area contributed by atoms with Crippen molar-refractivity contribution in [2.24, 2.45) is 0 Å². The van der Waals surface area contributed by atoms with E-state index in [9.17, 15) is 0 Å². The predicted molar refractivity (Wildman–Crippen MR) is 48.4 cm³/mol. The average molecular weight is 156 g/mol. The maximum atomic E-state index is 9.08. The third-order valence-corrected chi connectivity index (χ3v) is 1.36. The van der Waals surface area contributed by atoms with Crippen LogP contribution in [-0.2, 0) is 6.42 Å². The van der Waals surface area contributed by atoms with Gasteiger partial charge in [-0.25, -0.2) is 0 Å². The lowest BCUT2D eigenvalue weighted by atomic mass is 10.1. The fraction of sp³-hybridized carbons (Fsp3) is 0.0909. The molecule has 0 radical (unpaired) electrons. The summed E-state index contributed by atoms with van der Waals surface area (Å²) in [5.41, 5.74) is 0.970. The fourth-order valence-corrected chi connectivity index (χ4v) is 0.864. The number of terminal acetylenes is 1. The molecular formula is C11H8O. The average Bonchev–Trinajstić information content (AvgIpc) is 2.05. The Morgan fingerprint density at radius 1 is 1.42 bits per heavy atom. The minimum absolute atomic E-state index is 0.259. The normalized spacial score (nSPS) is 7.92. The Bertz CT molecular complexity index is 361. The zero-order valence-corrected chi connectivity index (χ0v) is 6.54. The van der Waals surface area contributed by atoms with Crippen LogP contribution in [0.2, 0.25) is 0 Å². The molecule has 0 amide bonds. The molecule has 0 spiro atoms. The Morgan fingerprint density at radius 2 is 2.25 bits per heavy atom. The Hall–Kier alpha value is -1.86. The number of hydrogen-bond acceptors (Lipinski definition) is 1. The SMILES string of the molecule is C#CC#CCc1cccc(O)c1. The van der Waals surface area contributed by atoms with Crippen LogP contribution in [0.15, 0.2) is 24.3 Å². The van der Waals surface area contributed by atoms with E-state index >= 15 is 0 Å². The van der Waals surface area contributed by atoms with Gasteiger partial charge in [0.1, 0.15) is 5.75 Å². The van der Waals surface area contributed by atoms with Crippen molar-refractivity contribution in [3.05, 3.63) is 29.8 Å². The van der Waals surface area contributed by atoms with Crippen molar-refractivity contribution >= 4 is 0 Å². The van der Waals surface area contributed by atoms with E-state index in [1.807, 2.05) is 6.07 Å². The van der Waals surface area contributed by atoms with Crippen LogP contribution in [0.3, 0.4) is 0 Å². The number of phenols is 1. The van der Waals surface area contributed by atoms with Gasteiger partial charge in [0.15, 0.2) is 0 Å². The quantitative estimate of drug-likeness (QED) is 0.612. The van der Waals surface area contributed by atoms with E-state index in [0.717, 1.165) is 5.56 Å². The van der Waals surface area contributed by atoms with Crippen LogP contribution in [-0.4, -0.2) is 5.11 Å². The third kappa shape index (κ3) is 2.40. The Morgan fingerprint density at radius 3 is 2.92 bits per heavy atom. The van der Waals surface area contributed by atoms with Gasteiger partial charge < -0.3 is 5.11 Å². The molecule has 12 heavy (non-hydrogen) atoms. The molecule has 0 aromatic heterocycles. The molecule has 1 aromatic rings. The van der Waals surface area contributed by atoms with E-state index in [4.69, 9.17) is 11.5 Å². The molecule has 0 fully saturated rings. The molecule has 1 N–H and O–H groups in total. The van der Waals surface area contributed by atoms with Gasteiger partial charge in [-0.15, -0.1) is 6.42 Å². The van der Waals surface area contributed by atoms with Crippen LogP contribution in [0.4, 0.5) is 0 Å². The van der Waals surface area contributed by atoms with Gasteiger partial charge in [0, 0.05) is 6.42 Å². The molecule has 0 aliphatic rings. The first-order chi connectivity index (χ1) is 5.83. The number of benzene rings is 1. The lowest BCUT2D eigenvalue weighted by Crippen LogP contribution is -1.79. The molecule has 58 valence electrons. The van der Waals surface area contributed by atoms with Crippen LogP contribution in [0.1, 0.15) is 5.56 Å². The molecule has 0 aliphatic heterocycles. The van der Waals surface area contributed by atoms with Crippen molar-refractivity contribution in [3.8, 4) is 29.9 Å². The topological polar surface area (TPSA) is 20.2 Å². The summed E-state index contributed by atoms with van der Waals surface area (Å²) in [6, 6.07) is 6.97. The van der Waals surface area contributed by atoms with Crippen molar-refractivity contribution in [2.45, 2.75) is 6.42 Å². The van der Waals surface area contributed by atoms with Gasteiger partial charge in [-0.3, -0.25) is 0 Å². The Kier molecular flexibility index (Phi) is 2.82. The zero-order valence-electron chi connectivity index (χ0n) is 6.54.